The number of phenolic OH excluding ortho intramolecular Hbond substituents is 1. The summed E-state index contributed by atoms with van der Waals surface area (Å²) in [5.41, 5.74) is 7.10. The molecular formula is C21H25N3O5S. The number of thiol groups is 1. The molecule has 2 aromatic rings. The average molecular weight is 432 g/mol. The number of aliphatic carboxylic acids is 1. The molecule has 30 heavy (non-hydrogen) atoms. The van der Waals surface area contributed by atoms with Crippen LogP contribution in [0.3, 0.4) is 0 Å². The van der Waals surface area contributed by atoms with Crippen molar-refractivity contribution >= 4 is 30.4 Å². The number of nitrogens with two attached hydrogens (primary N) is 1. The number of carboxylic acids is 1. The first-order valence-corrected chi connectivity index (χ1v) is 9.95. The van der Waals surface area contributed by atoms with E-state index in [4.69, 9.17) is 5.73 Å². The Balaban J connectivity index is 2.17. The zero-order chi connectivity index (χ0) is 22.1. The van der Waals surface area contributed by atoms with E-state index < -0.39 is 35.9 Å². The Bertz CT molecular complexity index is 861. The van der Waals surface area contributed by atoms with Crippen molar-refractivity contribution in [2.24, 2.45) is 5.73 Å². The summed E-state index contributed by atoms with van der Waals surface area (Å²) in [7, 11) is 0. The Hall–Kier alpha value is -3.04. The summed E-state index contributed by atoms with van der Waals surface area (Å²) >= 11 is 3.99. The van der Waals surface area contributed by atoms with Crippen LogP contribution in [-0.4, -0.2) is 51.9 Å². The summed E-state index contributed by atoms with van der Waals surface area (Å²) in [5.74, 6) is -2.25. The number of hydrogen-bond donors (Lipinski definition) is 6. The molecular weight excluding hydrogens is 406 g/mol. The Kier molecular flexibility index (Phi) is 8.70. The molecule has 0 aliphatic heterocycles. The number of rotatable bonds is 10. The van der Waals surface area contributed by atoms with Crippen LogP contribution in [-0.2, 0) is 27.2 Å². The fourth-order valence-electron chi connectivity index (χ4n) is 2.76. The van der Waals surface area contributed by atoms with Gasteiger partial charge in [-0.25, -0.2) is 4.79 Å². The summed E-state index contributed by atoms with van der Waals surface area (Å²) in [6.45, 7) is 0. The summed E-state index contributed by atoms with van der Waals surface area (Å²) in [6, 6.07) is 11.9. The van der Waals surface area contributed by atoms with Gasteiger partial charge in [0.2, 0.25) is 11.8 Å². The fraction of sp³-hybridized carbons (Fsp3) is 0.286. The van der Waals surface area contributed by atoms with E-state index in [1.165, 1.54) is 12.1 Å². The van der Waals surface area contributed by atoms with Gasteiger partial charge in [0, 0.05) is 18.6 Å². The largest absolute Gasteiger partial charge is 0.508 e. The maximum absolute atomic E-state index is 12.9. The number of carbonyl (C=O) groups excluding carboxylic acids is 2. The van der Waals surface area contributed by atoms with E-state index in [0.29, 0.717) is 5.56 Å². The molecule has 0 aliphatic carbocycles. The van der Waals surface area contributed by atoms with Crippen molar-refractivity contribution in [3.8, 4) is 5.75 Å². The Labute approximate surface area is 179 Å². The lowest BCUT2D eigenvalue weighted by Crippen LogP contribution is -2.55. The molecule has 0 heterocycles. The highest BCUT2D eigenvalue weighted by Crippen LogP contribution is 2.12. The molecule has 0 radical (unpaired) electrons. The van der Waals surface area contributed by atoms with Gasteiger partial charge < -0.3 is 26.6 Å². The normalized spacial score (nSPS) is 13.7. The molecule has 8 nitrogen and oxygen atoms in total. The molecule has 2 amide bonds. The molecule has 0 saturated carbocycles. The number of hydrogen-bond acceptors (Lipinski definition) is 6. The van der Waals surface area contributed by atoms with Crippen molar-refractivity contribution in [2.45, 2.75) is 31.0 Å². The van der Waals surface area contributed by atoms with Crippen LogP contribution < -0.4 is 16.4 Å². The van der Waals surface area contributed by atoms with E-state index in [-0.39, 0.29) is 24.3 Å². The molecule has 0 spiro atoms. The minimum absolute atomic E-state index is 0.0645. The van der Waals surface area contributed by atoms with Gasteiger partial charge in [0.1, 0.15) is 17.8 Å². The van der Waals surface area contributed by atoms with Crippen LogP contribution in [0.2, 0.25) is 0 Å². The van der Waals surface area contributed by atoms with Gasteiger partial charge in [-0.1, -0.05) is 42.5 Å². The number of phenols is 1. The first-order valence-electron chi connectivity index (χ1n) is 9.32. The molecule has 3 unspecified atom stereocenters. The highest BCUT2D eigenvalue weighted by atomic mass is 32.1. The zero-order valence-electron chi connectivity index (χ0n) is 16.2. The lowest BCUT2D eigenvalue weighted by atomic mass is 10.0. The Morgan fingerprint density at radius 1 is 0.867 bits per heavy atom. The Morgan fingerprint density at radius 3 is 1.97 bits per heavy atom. The van der Waals surface area contributed by atoms with E-state index in [1.807, 2.05) is 6.07 Å². The summed E-state index contributed by atoms with van der Waals surface area (Å²) in [5, 5.41) is 24.0. The van der Waals surface area contributed by atoms with Gasteiger partial charge in [-0.3, -0.25) is 9.59 Å². The number of amides is 2. The van der Waals surface area contributed by atoms with Crippen LogP contribution in [0.5, 0.6) is 5.75 Å². The highest BCUT2D eigenvalue weighted by molar-refractivity contribution is 7.80. The Morgan fingerprint density at radius 2 is 1.40 bits per heavy atom. The second-order valence-corrected chi connectivity index (χ2v) is 7.18. The molecule has 3 atom stereocenters. The van der Waals surface area contributed by atoms with Crippen molar-refractivity contribution in [1.29, 1.82) is 0 Å². The van der Waals surface area contributed by atoms with Gasteiger partial charge in [-0.05, 0) is 23.3 Å². The first kappa shape index (κ1) is 23.2. The van der Waals surface area contributed by atoms with Gasteiger partial charge in [-0.2, -0.15) is 12.6 Å². The second-order valence-electron chi connectivity index (χ2n) is 6.81. The SMILES string of the molecule is NC(CS)C(=O)NC(Cc1ccc(O)cc1)C(=O)NC(Cc1ccccc1)C(=O)O. The van der Waals surface area contributed by atoms with E-state index in [2.05, 4.69) is 23.3 Å². The van der Waals surface area contributed by atoms with Crippen LogP contribution in [0.1, 0.15) is 11.1 Å². The van der Waals surface area contributed by atoms with Crippen LogP contribution in [0.25, 0.3) is 0 Å². The fourth-order valence-corrected chi connectivity index (χ4v) is 2.93. The predicted molar refractivity (Wildman–Crippen MR) is 115 cm³/mol. The number of nitrogens with one attached hydrogen (secondary N) is 2. The number of aromatic hydroxyl groups is 1. The third-order valence-electron chi connectivity index (χ3n) is 4.44. The van der Waals surface area contributed by atoms with Gasteiger partial charge in [0.25, 0.3) is 0 Å². The molecule has 6 N–H and O–H groups in total. The van der Waals surface area contributed by atoms with Gasteiger partial charge >= 0.3 is 5.97 Å². The van der Waals surface area contributed by atoms with Gasteiger partial charge in [0.15, 0.2) is 0 Å². The standard InChI is InChI=1S/C21H25N3O5S/c22-16(12-30)19(26)23-17(10-14-6-8-15(25)9-7-14)20(27)24-18(21(28)29)11-13-4-2-1-3-5-13/h1-9,16-18,25,30H,10-12,22H2,(H,23,26)(H,24,27)(H,28,29). The maximum atomic E-state index is 12.9. The monoisotopic (exact) mass is 431 g/mol. The summed E-state index contributed by atoms with van der Waals surface area (Å²) in [4.78, 5) is 36.8. The minimum atomic E-state index is -1.19. The zero-order valence-corrected chi connectivity index (χ0v) is 17.1. The molecule has 0 bridgehead atoms. The topological polar surface area (TPSA) is 142 Å². The molecule has 2 rings (SSSR count). The average Bonchev–Trinajstić information content (AvgIpc) is 2.74. The third kappa shape index (κ3) is 7.09. The molecule has 9 heteroatoms. The van der Waals surface area contributed by atoms with E-state index in [0.717, 1.165) is 5.56 Å². The lowest BCUT2D eigenvalue weighted by molar-refractivity contribution is -0.142. The maximum Gasteiger partial charge on any atom is 0.326 e. The van der Waals surface area contributed by atoms with E-state index in [9.17, 15) is 24.6 Å². The van der Waals surface area contributed by atoms with Crippen molar-refractivity contribution in [2.75, 3.05) is 5.75 Å². The van der Waals surface area contributed by atoms with Crippen molar-refractivity contribution in [3.05, 3.63) is 65.7 Å². The van der Waals surface area contributed by atoms with Crippen LogP contribution in [0, 0.1) is 0 Å². The second kappa shape index (κ2) is 11.2. The predicted octanol–water partition coefficient (Wildman–Crippen LogP) is 0.489. The smallest absolute Gasteiger partial charge is 0.326 e. The summed E-state index contributed by atoms with van der Waals surface area (Å²) in [6.07, 6.45) is 0.187. The number of benzene rings is 2. The molecule has 0 saturated heterocycles. The molecule has 160 valence electrons. The van der Waals surface area contributed by atoms with E-state index in [1.54, 1.807) is 36.4 Å². The van der Waals surface area contributed by atoms with E-state index >= 15 is 0 Å². The third-order valence-corrected chi connectivity index (χ3v) is 4.83. The minimum Gasteiger partial charge on any atom is -0.508 e. The van der Waals surface area contributed by atoms with Crippen LogP contribution >= 0.6 is 12.6 Å². The van der Waals surface area contributed by atoms with Gasteiger partial charge in [0.05, 0.1) is 6.04 Å². The first-order chi connectivity index (χ1) is 14.3. The van der Waals surface area contributed by atoms with Crippen molar-refractivity contribution in [3.63, 3.8) is 0 Å². The quantitative estimate of drug-likeness (QED) is 0.302. The molecule has 0 fully saturated rings. The molecule has 0 aromatic heterocycles. The number of carbonyl (C=O) groups is 3. The van der Waals surface area contributed by atoms with Crippen LogP contribution in [0.4, 0.5) is 0 Å². The molecule has 2 aromatic carbocycles. The number of carboxylic acid groups (broad SMARTS) is 1. The summed E-state index contributed by atoms with van der Waals surface area (Å²) < 4.78 is 0. The lowest BCUT2D eigenvalue weighted by Gasteiger charge is -2.23. The van der Waals surface area contributed by atoms with Crippen molar-refractivity contribution in [1.82, 2.24) is 10.6 Å². The van der Waals surface area contributed by atoms with Gasteiger partial charge in [-0.15, -0.1) is 0 Å². The molecule has 0 aliphatic rings. The van der Waals surface area contributed by atoms with Crippen LogP contribution in [0.15, 0.2) is 54.6 Å². The highest BCUT2D eigenvalue weighted by Gasteiger charge is 2.28. The van der Waals surface area contributed by atoms with Crippen molar-refractivity contribution < 1.29 is 24.6 Å².